The summed E-state index contributed by atoms with van der Waals surface area (Å²) in [5.41, 5.74) is 2.20. The van der Waals surface area contributed by atoms with E-state index in [9.17, 15) is 9.90 Å². The number of aromatic hydroxyl groups is 1. The molecule has 3 nitrogen and oxygen atoms in total. The third kappa shape index (κ3) is 2.39. The van der Waals surface area contributed by atoms with E-state index in [-0.39, 0.29) is 17.5 Å². The van der Waals surface area contributed by atoms with Gasteiger partial charge in [0, 0.05) is 0 Å². The highest BCUT2D eigenvalue weighted by atomic mass is 35.5. The van der Waals surface area contributed by atoms with E-state index >= 15 is 0 Å². The van der Waals surface area contributed by atoms with E-state index in [1.807, 2.05) is 19.9 Å². The summed E-state index contributed by atoms with van der Waals surface area (Å²) in [5, 5.41) is 12.1. The van der Waals surface area contributed by atoms with Crippen molar-refractivity contribution in [3.8, 4) is 5.75 Å². The number of hydrogen-bond donors (Lipinski definition) is 2. The highest BCUT2D eigenvalue weighted by Crippen LogP contribution is 2.28. The van der Waals surface area contributed by atoms with Crippen molar-refractivity contribution >= 4 is 23.2 Å². The molecule has 1 rings (SSSR count). The maximum absolute atomic E-state index is 11.0. The van der Waals surface area contributed by atoms with Crippen LogP contribution >= 0.6 is 11.6 Å². The zero-order valence-corrected chi connectivity index (χ0v) is 8.85. The molecule has 14 heavy (non-hydrogen) atoms. The number of carbonyl (C=O) groups excluding carboxylic acids is 1. The minimum absolute atomic E-state index is 0.0703. The molecular weight excluding hydrogens is 202 g/mol. The molecule has 76 valence electrons. The maximum Gasteiger partial charge on any atom is 0.239 e. The van der Waals surface area contributed by atoms with Crippen LogP contribution in [0.1, 0.15) is 11.1 Å². The van der Waals surface area contributed by atoms with Crippen molar-refractivity contribution in [2.45, 2.75) is 13.8 Å². The number of rotatable bonds is 2. The van der Waals surface area contributed by atoms with Crippen LogP contribution in [0, 0.1) is 13.8 Å². The Morgan fingerprint density at radius 3 is 2.64 bits per heavy atom. The van der Waals surface area contributed by atoms with Gasteiger partial charge in [0.05, 0.1) is 5.69 Å². The predicted molar refractivity (Wildman–Crippen MR) is 56.9 cm³/mol. The molecule has 0 heterocycles. The number of alkyl halides is 1. The first-order chi connectivity index (χ1) is 6.54. The Hall–Kier alpha value is -1.22. The number of benzene rings is 1. The fraction of sp³-hybridized carbons (Fsp3) is 0.300. The Kier molecular flexibility index (Phi) is 3.36. The summed E-state index contributed by atoms with van der Waals surface area (Å²) in [5.74, 6) is -0.373. The number of amides is 1. The van der Waals surface area contributed by atoms with Gasteiger partial charge in [-0.25, -0.2) is 0 Å². The summed E-state index contributed by atoms with van der Waals surface area (Å²) in [6.07, 6.45) is 0. The Morgan fingerprint density at radius 2 is 2.14 bits per heavy atom. The first kappa shape index (κ1) is 10.9. The van der Waals surface area contributed by atoms with Gasteiger partial charge in [-0.3, -0.25) is 4.79 Å². The minimum Gasteiger partial charge on any atom is -0.506 e. The quantitative estimate of drug-likeness (QED) is 0.585. The smallest absolute Gasteiger partial charge is 0.239 e. The fourth-order valence-electron chi connectivity index (χ4n) is 1.28. The van der Waals surface area contributed by atoms with Gasteiger partial charge in [-0.2, -0.15) is 0 Å². The van der Waals surface area contributed by atoms with E-state index in [0.29, 0.717) is 5.69 Å². The molecule has 2 N–H and O–H groups in total. The monoisotopic (exact) mass is 213 g/mol. The van der Waals surface area contributed by atoms with Crippen LogP contribution in [0.15, 0.2) is 12.1 Å². The Balaban J connectivity index is 3.02. The molecule has 0 fully saturated rings. The van der Waals surface area contributed by atoms with Gasteiger partial charge in [-0.15, -0.1) is 11.6 Å². The zero-order valence-electron chi connectivity index (χ0n) is 8.10. The lowest BCUT2D eigenvalue weighted by Crippen LogP contribution is -2.13. The average molecular weight is 214 g/mol. The molecule has 0 saturated carbocycles. The van der Waals surface area contributed by atoms with Crippen molar-refractivity contribution in [2.75, 3.05) is 11.2 Å². The molecule has 0 bridgehead atoms. The van der Waals surface area contributed by atoms with Crippen molar-refractivity contribution in [1.29, 1.82) is 0 Å². The molecule has 0 aliphatic carbocycles. The van der Waals surface area contributed by atoms with E-state index in [1.54, 1.807) is 6.07 Å². The first-order valence-electron chi connectivity index (χ1n) is 4.20. The highest BCUT2D eigenvalue weighted by molar-refractivity contribution is 6.29. The van der Waals surface area contributed by atoms with Crippen molar-refractivity contribution < 1.29 is 9.90 Å². The molecular formula is C10H12ClNO2. The normalized spacial score (nSPS) is 9.93. The highest BCUT2D eigenvalue weighted by Gasteiger charge is 2.08. The number of halogens is 1. The van der Waals surface area contributed by atoms with Crippen molar-refractivity contribution in [3.05, 3.63) is 23.3 Å². The number of aryl methyl sites for hydroxylation is 2. The van der Waals surface area contributed by atoms with E-state index in [4.69, 9.17) is 11.6 Å². The van der Waals surface area contributed by atoms with Gasteiger partial charge >= 0.3 is 0 Å². The molecule has 4 heteroatoms. The SMILES string of the molecule is Cc1cc(C)c(NC(=O)CCl)c(O)c1. The van der Waals surface area contributed by atoms with Crippen LogP contribution in [-0.2, 0) is 4.79 Å². The van der Waals surface area contributed by atoms with Gasteiger partial charge in [0.15, 0.2) is 0 Å². The molecule has 1 aromatic carbocycles. The molecule has 0 saturated heterocycles. The van der Waals surface area contributed by atoms with Crippen LogP contribution in [0.5, 0.6) is 5.75 Å². The second kappa shape index (κ2) is 4.33. The second-order valence-electron chi connectivity index (χ2n) is 3.16. The summed E-state index contributed by atoms with van der Waals surface area (Å²) < 4.78 is 0. The molecule has 1 amide bonds. The molecule has 0 unspecified atom stereocenters. The van der Waals surface area contributed by atoms with E-state index in [1.165, 1.54) is 0 Å². The van der Waals surface area contributed by atoms with Gasteiger partial charge in [0.2, 0.25) is 5.91 Å². The number of carbonyl (C=O) groups is 1. The molecule has 0 atom stereocenters. The lowest BCUT2D eigenvalue weighted by Gasteiger charge is -2.10. The van der Waals surface area contributed by atoms with Crippen LogP contribution in [0.25, 0.3) is 0 Å². The van der Waals surface area contributed by atoms with Crippen LogP contribution in [0.3, 0.4) is 0 Å². The van der Waals surface area contributed by atoms with Gasteiger partial charge < -0.3 is 10.4 Å². The number of phenolic OH excluding ortho intramolecular Hbond substituents is 1. The number of nitrogens with one attached hydrogen (secondary N) is 1. The fourth-order valence-corrected chi connectivity index (χ4v) is 1.35. The summed E-state index contributed by atoms with van der Waals surface area (Å²) in [6.45, 7) is 3.69. The molecule has 0 spiro atoms. The molecule has 0 aromatic heterocycles. The lowest BCUT2D eigenvalue weighted by molar-refractivity contribution is -0.113. The summed E-state index contributed by atoms with van der Waals surface area (Å²) >= 11 is 5.34. The largest absolute Gasteiger partial charge is 0.506 e. The van der Waals surface area contributed by atoms with E-state index in [2.05, 4.69) is 5.32 Å². The van der Waals surface area contributed by atoms with Crippen molar-refractivity contribution in [3.63, 3.8) is 0 Å². The first-order valence-corrected chi connectivity index (χ1v) is 4.74. The Morgan fingerprint density at radius 1 is 1.50 bits per heavy atom. The van der Waals surface area contributed by atoms with Gasteiger partial charge in [0.25, 0.3) is 0 Å². The Labute approximate surface area is 87.7 Å². The van der Waals surface area contributed by atoms with E-state index in [0.717, 1.165) is 11.1 Å². The van der Waals surface area contributed by atoms with Crippen LogP contribution in [0.2, 0.25) is 0 Å². The molecule has 0 aliphatic rings. The van der Waals surface area contributed by atoms with Crippen molar-refractivity contribution in [1.82, 2.24) is 0 Å². The molecule has 0 aliphatic heterocycles. The number of anilines is 1. The number of phenols is 1. The Bertz CT molecular complexity index is 340. The van der Waals surface area contributed by atoms with Crippen LogP contribution in [0.4, 0.5) is 5.69 Å². The predicted octanol–water partition coefficient (Wildman–Crippen LogP) is 2.19. The summed E-state index contributed by atoms with van der Waals surface area (Å²) in [7, 11) is 0. The molecule has 1 aromatic rings. The standard InChI is InChI=1S/C10H12ClNO2/c1-6-3-7(2)10(8(13)4-6)12-9(14)5-11/h3-4,13H,5H2,1-2H3,(H,12,14). The average Bonchev–Trinajstić information content (AvgIpc) is 2.10. The minimum atomic E-state index is -0.325. The lowest BCUT2D eigenvalue weighted by atomic mass is 10.1. The summed E-state index contributed by atoms with van der Waals surface area (Å²) in [6, 6.07) is 3.47. The van der Waals surface area contributed by atoms with Gasteiger partial charge in [0.1, 0.15) is 11.6 Å². The van der Waals surface area contributed by atoms with Crippen LogP contribution < -0.4 is 5.32 Å². The molecule has 0 radical (unpaired) electrons. The third-order valence-corrected chi connectivity index (χ3v) is 2.09. The summed E-state index contributed by atoms with van der Waals surface area (Å²) in [4.78, 5) is 11.0. The van der Waals surface area contributed by atoms with Gasteiger partial charge in [-0.05, 0) is 31.0 Å². The van der Waals surface area contributed by atoms with Crippen LogP contribution in [-0.4, -0.2) is 16.9 Å². The topological polar surface area (TPSA) is 49.3 Å². The third-order valence-electron chi connectivity index (χ3n) is 1.84. The zero-order chi connectivity index (χ0) is 10.7. The van der Waals surface area contributed by atoms with E-state index < -0.39 is 0 Å². The maximum atomic E-state index is 11.0. The van der Waals surface area contributed by atoms with Crippen molar-refractivity contribution in [2.24, 2.45) is 0 Å². The number of hydrogen-bond acceptors (Lipinski definition) is 2. The second-order valence-corrected chi connectivity index (χ2v) is 3.43. The van der Waals surface area contributed by atoms with Gasteiger partial charge in [-0.1, -0.05) is 6.07 Å².